The van der Waals surface area contributed by atoms with E-state index in [-0.39, 0.29) is 0 Å². The molecule has 4 heterocycles. The van der Waals surface area contributed by atoms with Crippen LogP contribution < -0.4 is 0 Å². The number of nitrogens with zero attached hydrogens (tertiary/aromatic N) is 4. The van der Waals surface area contributed by atoms with Crippen molar-refractivity contribution < 1.29 is 0 Å². The van der Waals surface area contributed by atoms with Crippen molar-refractivity contribution in [2.45, 2.75) is 13.8 Å². The van der Waals surface area contributed by atoms with Crippen LogP contribution in [-0.4, -0.2) is 19.7 Å². The van der Waals surface area contributed by atoms with Crippen LogP contribution in [0.5, 0.6) is 0 Å². The number of hydrogen-bond donors (Lipinski definition) is 0. The highest BCUT2D eigenvalue weighted by Gasteiger charge is 2.15. The Hall–Kier alpha value is -2.53. The van der Waals surface area contributed by atoms with Gasteiger partial charge in [0.1, 0.15) is 0 Å². The minimum atomic E-state index is 0.846. The van der Waals surface area contributed by atoms with Crippen LogP contribution in [0.4, 0.5) is 0 Å². The summed E-state index contributed by atoms with van der Waals surface area (Å²) in [6.07, 6.45) is 5.62. The van der Waals surface area contributed by atoms with Gasteiger partial charge in [-0.05, 0) is 49.1 Å². The molecule has 0 spiro atoms. The summed E-state index contributed by atoms with van der Waals surface area (Å²) < 4.78 is 3.10. The first-order chi connectivity index (χ1) is 10.7. The van der Waals surface area contributed by atoms with Gasteiger partial charge in [0.2, 0.25) is 0 Å². The van der Waals surface area contributed by atoms with Crippen LogP contribution in [0.15, 0.2) is 48.9 Å². The molecule has 4 nitrogen and oxygen atoms in total. The standard InChI is InChI=1S/C17H14N4S/c1-11-9-19-21(16-5-3-4-12(2)20-16)17(11)14-8-13-6-7-18-10-15(13)22-14/h3-10H,1-2H3. The van der Waals surface area contributed by atoms with Crippen LogP contribution in [0.3, 0.4) is 0 Å². The van der Waals surface area contributed by atoms with Gasteiger partial charge in [-0.1, -0.05) is 6.07 Å². The van der Waals surface area contributed by atoms with Gasteiger partial charge < -0.3 is 0 Å². The van der Waals surface area contributed by atoms with Gasteiger partial charge in [0, 0.05) is 18.1 Å². The van der Waals surface area contributed by atoms with Crippen molar-refractivity contribution in [1.82, 2.24) is 19.7 Å². The molecular weight excluding hydrogens is 292 g/mol. The van der Waals surface area contributed by atoms with Gasteiger partial charge in [-0.2, -0.15) is 5.10 Å². The maximum Gasteiger partial charge on any atom is 0.154 e. The summed E-state index contributed by atoms with van der Waals surface area (Å²) in [7, 11) is 0. The van der Waals surface area contributed by atoms with Gasteiger partial charge in [-0.3, -0.25) is 4.98 Å². The number of aryl methyl sites for hydroxylation is 2. The molecule has 108 valence electrons. The molecule has 0 bridgehead atoms. The third-order valence-electron chi connectivity index (χ3n) is 3.60. The van der Waals surface area contributed by atoms with Crippen LogP contribution >= 0.6 is 11.3 Å². The Morgan fingerprint density at radius 1 is 1.09 bits per heavy atom. The Morgan fingerprint density at radius 2 is 2.00 bits per heavy atom. The van der Waals surface area contributed by atoms with E-state index in [0.717, 1.165) is 22.8 Å². The Morgan fingerprint density at radius 3 is 2.82 bits per heavy atom. The predicted molar refractivity (Wildman–Crippen MR) is 89.4 cm³/mol. The third kappa shape index (κ3) is 2.10. The van der Waals surface area contributed by atoms with E-state index in [2.05, 4.69) is 28.1 Å². The molecular formula is C17H14N4S. The van der Waals surface area contributed by atoms with Crippen LogP contribution in [0.1, 0.15) is 11.3 Å². The fraction of sp³-hybridized carbons (Fsp3) is 0.118. The summed E-state index contributed by atoms with van der Waals surface area (Å²) in [4.78, 5) is 9.97. The van der Waals surface area contributed by atoms with E-state index in [4.69, 9.17) is 0 Å². The lowest BCUT2D eigenvalue weighted by molar-refractivity contribution is 0.849. The predicted octanol–water partition coefficient (Wildman–Crippen LogP) is 4.16. The van der Waals surface area contributed by atoms with Crippen molar-refractivity contribution in [2.75, 3.05) is 0 Å². The van der Waals surface area contributed by atoms with Gasteiger partial charge in [-0.25, -0.2) is 9.67 Å². The summed E-state index contributed by atoms with van der Waals surface area (Å²) >= 11 is 1.73. The number of thiophene rings is 1. The first kappa shape index (κ1) is 13.2. The zero-order valence-corrected chi connectivity index (χ0v) is 13.1. The molecule has 0 atom stereocenters. The first-order valence-electron chi connectivity index (χ1n) is 7.05. The second-order valence-corrected chi connectivity index (χ2v) is 6.33. The molecule has 0 radical (unpaired) electrons. The molecule has 0 aromatic carbocycles. The van der Waals surface area contributed by atoms with E-state index in [0.29, 0.717) is 0 Å². The lowest BCUT2D eigenvalue weighted by Crippen LogP contribution is -2.02. The highest BCUT2D eigenvalue weighted by molar-refractivity contribution is 7.22. The maximum atomic E-state index is 4.59. The Kier molecular flexibility index (Phi) is 3.01. The van der Waals surface area contributed by atoms with Crippen molar-refractivity contribution in [3.8, 4) is 16.4 Å². The molecule has 0 fully saturated rings. The number of fused-ring (bicyclic) bond motifs is 1. The molecule has 0 aliphatic heterocycles. The Bertz CT molecular complexity index is 935. The van der Waals surface area contributed by atoms with Crippen LogP contribution in [0.25, 0.3) is 26.5 Å². The number of aromatic nitrogens is 4. The molecule has 5 heteroatoms. The summed E-state index contributed by atoms with van der Waals surface area (Å²) in [5, 5.41) is 5.73. The van der Waals surface area contributed by atoms with Crippen molar-refractivity contribution in [2.24, 2.45) is 0 Å². The highest BCUT2D eigenvalue weighted by atomic mass is 32.1. The van der Waals surface area contributed by atoms with E-state index in [1.165, 1.54) is 15.0 Å². The zero-order chi connectivity index (χ0) is 15.1. The van der Waals surface area contributed by atoms with Crippen LogP contribution in [-0.2, 0) is 0 Å². The topological polar surface area (TPSA) is 43.6 Å². The minimum Gasteiger partial charge on any atom is -0.263 e. The fourth-order valence-electron chi connectivity index (χ4n) is 2.55. The lowest BCUT2D eigenvalue weighted by atomic mass is 10.2. The van der Waals surface area contributed by atoms with E-state index in [1.807, 2.05) is 54.5 Å². The summed E-state index contributed by atoms with van der Waals surface area (Å²) in [5.41, 5.74) is 3.22. The summed E-state index contributed by atoms with van der Waals surface area (Å²) in [5.74, 6) is 0.846. The Balaban J connectivity index is 1.93. The van der Waals surface area contributed by atoms with E-state index >= 15 is 0 Å². The van der Waals surface area contributed by atoms with E-state index < -0.39 is 0 Å². The van der Waals surface area contributed by atoms with Crippen molar-refractivity contribution in [3.63, 3.8) is 0 Å². The minimum absolute atomic E-state index is 0.846. The van der Waals surface area contributed by atoms with Gasteiger partial charge in [0.15, 0.2) is 5.82 Å². The van der Waals surface area contributed by atoms with Gasteiger partial charge >= 0.3 is 0 Å². The zero-order valence-electron chi connectivity index (χ0n) is 12.3. The summed E-state index contributed by atoms with van der Waals surface area (Å²) in [6, 6.07) is 10.2. The maximum absolute atomic E-state index is 4.59. The molecule has 0 unspecified atom stereocenters. The van der Waals surface area contributed by atoms with Crippen molar-refractivity contribution in [3.05, 3.63) is 60.2 Å². The monoisotopic (exact) mass is 306 g/mol. The van der Waals surface area contributed by atoms with Gasteiger partial charge in [-0.15, -0.1) is 11.3 Å². The number of rotatable bonds is 2. The second kappa shape index (κ2) is 5.03. The van der Waals surface area contributed by atoms with Gasteiger partial charge in [0.25, 0.3) is 0 Å². The average molecular weight is 306 g/mol. The fourth-order valence-corrected chi connectivity index (χ4v) is 3.68. The number of hydrogen-bond acceptors (Lipinski definition) is 4. The molecule has 0 amide bonds. The van der Waals surface area contributed by atoms with E-state index in [9.17, 15) is 0 Å². The number of pyridine rings is 2. The van der Waals surface area contributed by atoms with Crippen LogP contribution in [0.2, 0.25) is 0 Å². The molecule has 0 saturated heterocycles. The van der Waals surface area contributed by atoms with Crippen LogP contribution in [0, 0.1) is 13.8 Å². The molecule has 4 aromatic rings. The molecule has 0 saturated carbocycles. The molecule has 0 aliphatic rings. The summed E-state index contributed by atoms with van der Waals surface area (Å²) in [6.45, 7) is 4.07. The largest absolute Gasteiger partial charge is 0.263 e. The normalized spacial score (nSPS) is 11.2. The molecule has 4 aromatic heterocycles. The lowest BCUT2D eigenvalue weighted by Gasteiger charge is -2.06. The molecule has 0 aliphatic carbocycles. The smallest absolute Gasteiger partial charge is 0.154 e. The molecule has 22 heavy (non-hydrogen) atoms. The second-order valence-electron chi connectivity index (χ2n) is 5.25. The quantitative estimate of drug-likeness (QED) is 0.558. The average Bonchev–Trinajstić information content (AvgIpc) is 3.10. The SMILES string of the molecule is Cc1cccc(-n2ncc(C)c2-c2cc3ccncc3s2)n1. The first-order valence-corrected chi connectivity index (χ1v) is 7.86. The third-order valence-corrected chi connectivity index (χ3v) is 4.69. The van der Waals surface area contributed by atoms with Crippen molar-refractivity contribution >= 4 is 21.4 Å². The highest BCUT2D eigenvalue weighted by Crippen LogP contribution is 2.35. The van der Waals surface area contributed by atoms with Gasteiger partial charge in [0.05, 0.1) is 21.5 Å². The van der Waals surface area contributed by atoms with E-state index in [1.54, 1.807) is 11.3 Å². The molecule has 4 rings (SSSR count). The van der Waals surface area contributed by atoms with Crippen molar-refractivity contribution in [1.29, 1.82) is 0 Å². The Labute approximate surface area is 132 Å². The molecule has 0 N–H and O–H groups in total.